The summed E-state index contributed by atoms with van der Waals surface area (Å²) in [5.41, 5.74) is 3.92. The molecule has 0 aliphatic carbocycles. The molecule has 1 atom stereocenters. The molecule has 1 amide bonds. The van der Waals surface area contributed by atoms with Gasteiger partial charge in [-0.1, -0.05) is 29.8 Å². The van der Waals surface area contributed by atoms with Crippen LogP contribution in [0.1, 0.15) is 28.8 Å². The minimum atomic E-state index is -0.320. The zero-order valence-electron chi connectivity index (χ0n) is 17.6. The standard InChI is InChI=1S/C22H22N4O2S3/c1-11-5-7-15(8-6-11)16-9-30-22(23-16)26-19(27)14(4)29-10-17-24-20(28)18-12(2)13(3)31-21(18)25-17/h5-9,14H,10H2,1-4H3,(H,23,26,27)(H,24,25,28)/t14-/m1/s1. The maximum Gasteiger partial charge on any atom is 0.259 e. The summed E-state index contributed by atoms with van der Waals surface area (Å²) in [6.07, 6.45) is 0. The molecular formula is C22H22N4O2S3. The van der Waals surface area contributed by atoms with E-state index in [-0.39, 0.29) is 16.7 Å². The first kappa shape index (κ1) is 21.7. The lowest BCUT2D eigenvalue weighted by Gasteiger charge is -2.10. The summed E-state index contributed by atoms with van der Waals surface area (Å²) in [5.74, 6) is 0.905. The first-order chi connectivity index (χ1) is 14.8. The van der Waals surface area contributed by atoms with Gasteiger partial charge in [-0.25, -0.2) is 9.97 Å². The summed E-state index contributed by atoms with van der Waals surface area (Å²) < 4.78 is 0. The Balaban J connectivity index is 1.39. The first-order valence-electron chi connectivity index (χ1n) is 9.75. The van der Waals surface area contributed by atoms with Gasteiger partial charge in [0.05, 0.1) is 22.1 Å². The van der Waals surface area contributed by atoms with E-state index in [2.05, 4.69) is 20.3 Å². The highest BCUT2D eigenvalue weighted by Crippen LogP contribution is 2.28. The van der Waals surface area contributed by atoms with Crippen molar-refractivity contribution in [1.82, 2.24) is 15.0 Å². The second-order valence-electron chi connectivity index (χ2n) is 7.32. The monoisotopic (exact) mass is 470 g/mol. The van der Waals surface area contributed by atoms with E-state index in [1.807, 2.05) is 57.3 Å². The summed E-state index contributed by atoms with van der Waals surface area (Å²) in [6, 6.07) is 8.13. The van der Waals surface area contributed by atoms with E-state index < -0.39 is 0 Å². The molecule has 0 aliphatic rings. The fraction of sp³-hybridized carbons (Fsp3) is 0.273. The second-order valence-corrected chi connectivity index (χ2v) is 10.7. The third-order valence-corrected chi connectivity index (χ3v) is 8.02. The number of benzene rings is 1. The summed E-state index contributed by atoms with van der Waals surface area (Å²) in [7, 11) is 0. The number of hydrogen-bond donors (Lipinski definition) is 2. The molecule has 160 valence electrons. The van der Waals surface area contributed by atoms with E-state index in [0.29, 0.717) is 22.1 Å². The molecule has 4 rings (SSSR count). The van der Waals surface area contributed by atoms with Crippen LogP contribution in [-0.2, 0) is 10.5 Å². The Hall–Kier alpha value is -2.49. The number of H-pyrrole nitrogens is 1. The van der Waals surface area contributed by atoms with E-state index in [1.165, 1.54) is 40.0 Å². The second kappa shape index (κ2) is 8.94. The van der Waals surface area contributed by atoms with Crippen LogP contribution in [0.15, 0.2) is 34.4 Å². The highest BCUT2D eigenvalue weighted by molar-refractivity contribution is 7.99. The van der Waals surface area contributed by atoms with E-state index in [0.717, 1.165) is 26.5 Å². The van der Waals surface area contributed by atoms with Crippen molar-refractivity contribution in [2.24, 2.45) is 0 Å². The molecule has 3 heterocycles. The number of rotatable bonds is 6. The van der Waals surface area contributed by atoms with Crippen molar-refractivity contribution in [2.45, 2.75) is 38.7 Å². The Morgan fingerprint density at radius 1 is 1.19 bits per heavy atom. The molecule has 3 aromatic heterocycles. The summed E-state index contributed by atoms with van der Waals surface area (Å²) in [6.45, 7) is 7.81. The fourth-order valence-electron chi connectivity index (χ4n) is 3.04. The molecule has 0 fully saturated rings. The molecule has 0 unspecified atom stereocenters. The van der Waals surface area contributed by atoms with E-state index in [1.54, 1.807) is 0 Å². The molecule has 4 aromatic rings. The summed E-state index contributed by atoms with van der Waals surface area (Å²) in [5, 5.41) is 5.74. The number of thioether (sulfide) groups is 1. The molecular weight excluding hydrogens is 448 g/mol. The zero-order chi connectivity index (χ0) is 22.1. The number of hydrogen-bond acceptors (Lipinski definition) is 7. The van der Waals surface area contributed by atoms with Crippen molar-refractivity contribution in [1.29, 1.82) is 0 Å². The lowest BCUT2D eigenvalue weighted by molar-refractivity contribution is -0.115. The topological polar surface area (TPSA) is 87.7 Å². The van der Waals surface area contributed by atoms with Gasteiger partial charge in [0.2, 0.25) is 5.91 Å². The predicted molar refractivity (Wildman–Crippen MR) is 131 cm³/mol. The lowest BCUT2D eigenvalue weighted by atomic mass is 10.1. The molecule has 9 heteroatoms. The Kier molecular flexibility index (Phi) is 6.27. The van der Waals surface area contributed by atoms with Crippen LogP contribution in [0.2, 0.25) is 0 Å². The zero-order valence-corrected chi connectivity index (χ0v) is 20.1. The van der Waals surface area contributed by atoms with Crippen molar-refractivity contribution >= 4 is 55.7 Å². The number of carbonyl (C=O) groups excluding carboxylic acids is 1. The van der Waals surface area contributed by atoms with E-state index >= 15 is 0 Å². The maximum atomic E-state index is 12.6. The van der Waals surface area contributed by atoms with Crippen LogP contribution in [0.5, 0.6) is 0 Å². The van der Waals surface area contributed by atoms with Gasteiger partial charge in [0.15, 0.2) is 5.13 Å². The quantitative estimate of drug-likeness (QED) is 0.400. The number of amides is 1. The average molecular weight is 471 g/mol. The van der Waals surface area contributed by atoms with Gasteiger partial charge < -0.3 is 10.3 Å². The van der Waals surface area contributed by atoms with Crippen LogP contribution in [0.25, 0.3) is 21.5 Å². The number of fused-ring (bicyclic) bond motifs is 1. The summed E-state index contributed by atoms with van der Waals surface area (Å²) in [4.78, 5) is 38.8. The van der Waals surface area contributed by atoms with E-state index in [4.69, 9.17) is 0 Å². The SMILES string of the molecule is Cc1ccc(-c2csc(NC(=O)[C@@H](C)SCc3nc4sc(C)c(C)c4c(=O)[nH]3)n2)cc1. The van der Waals surface area contributed by atoms with Gasteiger partial charge in [-0.05, 0) is 33.3 Å². The lowest BCUT2D eigenvalue weighted by Crippen LogP contribution is -2.23. The van der Waals surface area contributed by atoms with Crippen molar-refractivity contribution in [3.05, 3.63) is 61.8 Å². The largest absolute Gasteiger partial charge is 0.309 e. The number of nitrogens with one attached hydrogen (secondary N) is 2. The molecule has 0 saturated heterocycles. The van der Waals surface area contributed by atoms with Crippen molar-refractivity contribution in [2.75, 3.05) is 5.32 Å². The van der Waals surface area contributed by atoms with Crippen LogP contribution in [0.4, 0.5) is 5.13 Å². The van der Waals surface area contributed by atoms with Gasteiger partial charge in [-0.15, -0.1) is 34.4 Å². The van der Waals surface area contributed by atoms with Crippen molar-refractivity contribution in [3.8, 4) is 11.3 Å². The van der Waals surface area contributed by atoms with Crippen LogP contribution in [-0.4, -0.2) is 26.1 Å². The minimum Gasteiger partial charge on any atom is -0.309 e. The average Bonchev–Trinajstić information content (AvgIpc) is 3.31. The summed E-state index contributed by atoms with van der Waals surface area (Å²) >= 11 is 4.36. The molecule has 31 heavy (non-hydrogen) atoms. The van der Waals surface area contributed by atoms with Crippen LogP contribution < -0.4 is 10.9 Å². The smallest absolute Gasteiger partial charge is 0.259 e. The molecule has 1 aromatic carbocycles. The number of carbonyl (C=O) groups is 1. The Morgan fingerprint density at radius 2 is 1.94 bits per heavy atom. The van der Waals surface area contributed by atoms with Crippen molar-refractivity contribution < 1.29 is 4.79 Å². The Morgan fingerprint density at radius 3 is 2.68 bits per heavy atom. The molecule has 6 nitrogen and oxygen atoms in total. The van der Waals surface area contributed by atoms with Crippen LogP contribution >= 0.6 is 34.4 Å². The number of thiazole rings is 1. The molecule has 0 radical (unpaired) electrons. The van der Waals surface area contributed by atoms with Gasteiger partial charge >= 0.3 is 0 Å². The van der Waals surface area contributed by atoms with Crippen molar-refractivity contribution in [3.63, 3.8) is 0 Å². The van der Waals surface area contributed by atoms with Gasteiger partial charge in [0.1, 0.15) is 10.7 Å². The van der Waals surface area contributed by atoms with E-state index in [9.17, 15) is 9.59 Å². The van der Waals surface area contributed by atoms with Gasteiger partial charge in [-0.3, -0.25) is 9.59 Å². The molecule has 0 bridgehead atoms. The Labute approximate surface area is 192 Å². The minimum absolute atomic E-state index is 0.119. The fourth-order valence-corrected chi connectivity index (χ4v) is 5.57. The molecule has 0 aliphatic heterocycles. The number of thiophene rings is 1. The van der Waals surface area contributed by atoms with Crippen LogP contribution in [0.3, 0.4) is 0 Å². The van der Waals surface area contributed by atoms with Crippen LogP contribution in [0, 0.1) is 20.8 Å². The maximum absolute atomic E-state index is 12.6. The van der Waals surface area contributed by atoms with Gasteiger partial charge in [-0.2, -0.15) is 0 Å². The number of aromatic nitrogens is 3. The first-order valence-corrected chi connectivity index (χ1v) is 12.5. The molecule has 0 spiro atoms. The van der Waals surface area contributed by atoms with Gasteiger partial charge in [0.25, 0.3) is 5.56 Å². The molecule has 0 saturated carbocycles. The predicted octanol–water partition coefficient (Wildman–Crippen LogP) is 5.29. The number of nitrogens with zero attached hydrogens (tertiary/aromatic N) is 2. The third kappa shape index (κ3) is 4.73. The highest BCUT2D eigenvalue weighted by Gasteiger charge is 2.17. The normalized spacial score (nSPS) is 12.3. The Bertz CT molecular complexity index is 1300. The number of aromatic amines is 1. The number of anilines is 1. The molecule has 2 N–H and O–H groups in total. The number of aryl methyl sites for hydroxylation is 3. The van der Waals surface area contributed by atoms with Gasteiger partial charge in [0, 0.05) is 15.8 Å². The third-order valence-electron chi connectivity index (χ3n) is 5.01. The highest BCUT2D eigenvalue weighted by atomic mass is 32.2.